The lowest BCUT2D eigenvalue weighted by Crippen LogP contribution is -2.48. The van der Waals surface area contributed by atoms with Gasteiger partial charge in [-0.1, -0.05) is 0 Å². The van der Waals surface area contributed by atoms with Gasteiger partial charge in [0.15, 0.2) is 9.84 Å². The summed E-state index contributed by atoms with van der Waals surface area (Å²) in [6.07, 6.45) is 1.33. The molecule has 0 spiro atoms. The van der Waals surface area contributed by atoms with E-state index in [1.54, 1.807) is 32.7 Å². The Morgan fingerprint density at radius 1 is 1.39 bits per heavy atom. The quantitative estimate of drug-likeness (QED) is 0.807. The van der Waals surface area contributed by atoms with Crippen LogP contribution in [0.4, 0.5) is 0 Å². The number of carbonyl (C=O) groups excluding carboxylic acids is 1. The third kappa shape index (κ3) is 3.95. The van der Waals surface area contributed by atoms with Crippen LogP contribution in [-0.4, -0.2) is 55.9 Å². The number of nitrogens with zero attached hydrogens (tertiary/aromatic N) is 1. The monoisotopic (exact) mass is 276 g/mol. The van der Waals surface area contributed by atoms with Gasteiger partial charge in [-0.2, -0.15) is 0 Å². The minimum Gasteiger partial charge on any atom is -0.344 e. The first kappa shape index (κ1) is 15.4. The van der Waals surface area contributed by atoms with Gasteiger partial charge in [0.2, 0.25) is 5.91 Å². The molecule has 1 saturated heterocycles. The number of hydrogen-bond acceptors (Lipinski definition) is 4. The van der Waals surface area contributed by atoms with Gasteiger partial charge in [0, 0.05) is 32.6 Å². The number of rotatable bonds is 4. The van der Waals surface area contributed by atoms with Crippen molar-refractivity contribution in [2.45, 2.75) is 44.4 Å². The number of hydrogen-bond donors (Lipinski definition) is 1. The Hall–Kier alpha value is -0.620. The Morgan fingerprint density at radius 3 is 2.50 bits per heavy atom. The average molecular weight is 276 g/mol. The summed E-state index contributed by atoms with van der Waals surface area (Å²) in [6, 6.07) is 0.211. The van der Waals surface area contributed by atoms with E-state index in [4.69, 9.17) is 0 Å². The summed E-state index contributed by atoms with van der Waals surface area (Å²) in [5.74, 6) is 0.306. The average Bonchev–Trinajstić information content (AvgIpc) is 2.21. The third-order valence-corrected chi connectivity index (χ3v) is 5.97. The molecule has 1 aliphatic rings. The van der Waals surface area contributed by atoms with Gasteiger partial charge in [-0.05, 0) is 27.2 Å². The predicted molar refractivity (Wildman–Crippen MR) is 72.2 cm³/mol. The van der Waals surface area contributed by atoms with Crippen LogP contribution in [0, 0.1) is 0 Å². The first-order chi connectivity index (χ1) is 8.13. The summed E-state index contributed by atoms with van der Waals surface area (Å²) in [5, 5.41) is 3.23. The zero-order valence-corrected chi connectivity index (χ0v) is 12.5. The van der Waals surface area contributed by atoms with Crippen molar-refractivity contribution in [2.24, 2.45) is 0 Å². The highest BCUT2D eigenvalue weighted by Gasteiger charge is 2.29. The molecule has 0 aromatic carbocycles. The van der Waals surface area contributed by atoms with E-state index in [1.807, 2.05) is 0 Å². The van der Waals surface area contributed by atoms with Crippen LogP contribution >= 0.6 is 0 Å². The highest BCUT2D eigenvalue weighted by molar-refractivity contribution is 7.92. The van der Waals surface area contributed by atoms with Crippen molar-refractivity contribution >= 4 is 15.7 Å². The highest BCUT2D eigenvalue weighted by atomic mass is 32.2. The molecule has 1 heterocycles. The normalized spacial score (nSPS) is 22.3. The fraction of sp³-hybridized carbons (Fsp3) is 0.917. The second kappa shape index (κ2) is 5.57. The molecule has 5 nitrogen and oxygen atoms in total. The van der Waals surface area contributed by atoms with Crippen LogP contribution in [0.5, 0.6) is 0 Å². The third-order valence-electron chi connectivity index (χ3n) is 3.36. The molecule has 1 amide bonds. The highest BCUT2D eigenvalue weighted by Crippen LogP contribution is 2.15. The number of sulfone groups is 1. The summed E-state index contributed by atoms with van der Waals surface area (Å²) >= 11 is 0. The second-order valence-electron chi connectivity index (χ2n) is 5.90. The number of likely N-dealkylation sites (N-methyl/N-ethyl adjacent to an activating group) is 1. The van der Waals surface area contributed by atoms with Crippen molar-refractivity contribution in [3.63, 3.8) is 0 Å². The minimum absolute atomic E-state index is 0.144. The van der Waals surface area contributed by atoms with Crippen LogP contribution in [-0.2, 0) is 14.6 Å². The van der Waals surface area contributed by atoms with Crippen molar-refractivity contribution in [3.8, 4) is 0 Å². The summed E-state index contributed by atoms with van der Waals surface area (Å²) < 4.78 is 23.1. The second-order valence-corrected chi connectivity index (χ2v) is 8.76. The zero-order chi connectivity index (χ0) is 14.0. The molecule has 0 saturated carbocycles. The van der Waals surface area contributed by atoms with E-state index in [2.05, 4.69) is 5.32 Å². The van der Waals surface area contributed by atoms with Gasteiger partial charge < -0.3 is 10.2 Å². The molecule has 0 aromatic rings. The van der Waals surface area contributed by atoms with Gasteiger partial charge in [0.25, 0.3) is 0 Å². The van der Waals surface area contributed by atoms with Crippen LogP contribution in [0.2, 0.25) is 0 Å². The number of amides is 1. The summed E-state index contributed by atoms with van der Waals surface area (Å²) in [4.78, 5) is 13.0. The van der Waals surface area contributed by atoms with Crippen molar-refractivity contribution in [2.75, 3.05) is 25.9 Å². The van der Waals surface area contributed by atoms with Crippen LogP contribution in [0.1, 0.15) is 33.6 Å². The smallest absolute Gasteiger partial charge is 0.222 e. The number of carbonyl (C=O) groups is 1. The van der Waals surface area contributed by atoms with Crippen LogP contribution in [0.25, 0.3) is 0 Å². The van der Waals surface area contributed by atoms with Gasteiger partial charge in [0.05, 0.1) is 10.5 Å². The Labute approximate surface area is 110 Å². The number of nitrogens with one attached hydrogen (secondary N) is 1. The topological polar surface area (TPSA) is 66.5 Å². The molecular formula is C12H24N2O3S. The Morgan fingerprint density at radius 2 is 2.00 bits per heavy atom. The van der Waals surface area contributed by atoms with Crippen molar-refractivity contribution in [3.05, 3.63) is 0 Å². The van der Waals surface area contributed by atoms with Gasteiger partial charge in [-0.15, -0.1) is 0 Å². The van der Waals surface area contributed by atoms with E-state index in [0.717, 1.165) is 6.42 Å². The molecule has 106 valence electrons. The molecule has 0 radical (unpaired) electrons. The fourth-order valence-electron chi connectivity index (χ4n) is 1.88. The van der Waals surface area contributed by atoms with Crippen molar-refractivity contribution in [1.29, 1.82) is 0 Å². The van der Waals surface area contributed by atoms with E-state index >= 15 is 0 Å². The zero-order valence-electron chi connectivity index (χ0n) is 11.7. The first-order valence-electron chi connectivity index (χ1n) is 6.33. The molecule has 0 aliphatic carbocycles. The SMILES string of the molecule is CN1CC(NCCS(=O)(=O)C(C)(C)C)CCC1=O. The van der Waals surface area contributed by atoms with Gasteiger partial charge in [0.1, 0.15) is 0 Å². The standard InChI is InChI=1S/C12H24N2O3S/c1-12(2,3)18(16,17)8-7-13-10-5-6-11(15)14(4)9-10/h10,13H,5-9H2,1-4H3. The molecule has 0 aromatic heterocycles. The summed E-state index contributed by atoms with van der Waals surface area (Å²) in [5.41, 5.74) is 0. The van der Waals surface area contributed by atoms with E-state index in [9.17, 15) is 13.2 Å². The molecule has 18 heavy (non-hydrogen) atoms. The summed E-state index contributed by atoms with van der Waals surface area (Å²) in [6.45, 7) is 6.26. The lowest BCUT2D eigenvalue weighted by molar-refractivity contribution is -0.132. The lowest BCUT2D eigenvalue weighted by Gasteiger charge is -2.30. The predicted octanol–water partition coefficient (Wildman–Crippen LogP) is 0.410. The number of likely N-dealkylation sites (tertiary alicyclic amines) is 1. The van der Waals surface area contributed by atoms with Crippen LogP contribution in [0.3, 0.4) is 0 Å². The lowest BCUT2D eigenvalue weighted by atomic mass is 10.1. The van der Waals surface area contributed by atoms with E-state index < -0.39 is 14.6 Å². The Bertz CT molecular complexity index is 398. The molecule has 1 atom stereocenters. The van der Waals surface area contributed by atoms with E-state index in [0.29, 0.717) is 19.5 Å². The first-order valence-corrected chi connectivity index (χ1v) is 7.98. The van der Waals surface area contributed by atoms with Gasteiger partial charge in [-0.25, -0.2) is 8.42 Å². The molecule has 1 rings (SSSR count). The molecule has 6 heteroatoms. The maximum absolute atomic E-state index is 11.9. The molecule has 1 aliphatic heterocycles. The minimum atomic E-state index is -3.07. The molecular weight excluding hydrogens is 252 g/mol. The van der Waals surface area contributed by atoms with Gasteiger partial charge >= 0.3 is 0 Å². The van der Waals surface area contributed by atoms with E-state index in [-0.39, 0.29) is 17.7 Å². The van der Waals surface area contributed by atoms with Crippen LogP contribution in [0.15, 0.2) is 0 Å². The maximum atomic E-state index is 11.9. The Kier molecular flexibility index (Phi) is 4.78. The summed E-state index contributed by atoms with van der Waals surface area (Å²) in [7, 11) is -1.29. The Balaban J connectivity index is 2.37. The molecule has 1 unspecified atom stereocenters. The van der Waals surface area contributed by atoms with Crippen molar-refractivity contribution < 1.29 is 13.2 Å². The fourth-order valence-corrected chi connectivity index (χ4v) is 2.88. The largest absolute Gasteiger partial charge is 0.344 e. The van der Waals surface area contributed by atoms with Crippen molar-refractivity contribution in [1.82, 2.24) is 10.2 Å². The van der Waals surface area contributed by atoms with Crippen LogP contribution < -0.4 is 5.32 Å². The van der Waals surface area contributed by atoms with Gasteiger partial charge in [-0.3, -0.25) is 4.79 Å². The molecule has 1 fully saturated rings. The maximum Gasteiger partial charge on any atom is 0.222 e. The van der Waals surface area contributed by atoms with E-state index in [1.165, 1.54) is 0 Å². The molecule has 0 bridgehead atoms. The number of piperidine rings is 1. The molecule has 1 N–H and O–H groups in total.